The van der Waals surface area contributed by atoms with Gasteiger partial charge < -0.3 is 0 Å². The molecule has 224 valence electrons. The van der Waals surface area contributed by atoms with Crippen molar-refractivity contribution in [2.45, 2.75) is 57.5 Å². The third-order valence-electron chi connectivity index (χ3n) is 7.49. The molecule has 0 aliphatic heterocycles. The number of alkyl halides is 6. The number of hydrogen-bond acceptors (Lipinski definition) is 4. The summed E-state index contributed by atoms with van der Waals surface area (Å²) in [6.07, 6.45) is 2.92. The van der Waals surface area contributed by atoms with Crippen LogP contribution in [0, 0.1) is 13.8 Å². The second-order valence-corrected chi connectivity index (χ2v) is 13.0. The molecule has 43 heavy (non-hydrogen) atoms. The number of thiophene rings is 2. The molecule has 0 spiro atoms. The number of hydrogen-bond donors (Lipinski definition) is 0. The van der Waals surface area contributed by atoms with E-state index in [9.17, 15) is 8.78 Å². The molecule has 0 fully saturated rings. The third kappa shape index (κ3) is 5.51. The van der Waals surface area contributed by atoms with Crippen LogP contribution in [0.25, 0.3) is 11.1 Å². The molecule has 2 heterocycles. The first-order chi connectivity index (χ1) is 20.3. The molecule has 0 N–H and O–H groups in total. The summed E-state index contributed by atoms with van der Waals surface area (Å²) < 4.78 is 91.8. The van der Waals surface area contributed by atoms with Crippen molar-refractivity contribution in [2.75, 3.05) is 0 Å². The first-order valence-corrected chi connectivity index (χ1v) is 15.2. The fourth-order valence-corrected chi connectivity index (χ4v) is 6.90. The Kier molecular flexibility index (Phi) is 8.30. The molecule has 2 nitrogen and oxygen atoms in total. The Morgan fingerprint density at radius 3 is 1.30 bits per heavy atom. The summed E-state index contributed by atoms with van der Waals surface area (Å²) >= 11 is 2.06. The number of rotatable bonds is 8. The van der Waals surface area contributed by atoms with E-state index in [0.717, 1.165) is 33.8 Å². The van der Waals surface area contributed by atoms with E-state index in [1.54, 1.807) is 0 Å². The van der Waals surface area contributed by atoms with Gasteiger partial charge in [0.2, 0.25) is 0 Å². The van der Waals surface area contributed by atoms with Crippen molar-refractivity contribution in [3.05, 3.63) is 115 Å². The summed E-state index contributed by atoms with van der Waals surface area (Å²) in [4.78, 5) is 10.1. The van der Waals surface area contributed by atoms with Crippen LogP contribution in [0.5, 0.6) is 0 Å². The number of benzene rings is 2. The number of aliphatic imine (C=N–C) groups is 2. The molecular weight excluding hydrogens is 602 g/mol. The van der Waals surface area contributed by atoms with E-state index < -0.39 is 28.9 Å². The second kappa shape index (κ2) is 11.5. The van der Waals surface area contributed by atoms with Crippen molar-refractivity contribution in [3.63, 3.8) is 0 Å². The van der Waals surface area contributed by atoms with Gasteiger partial charge in [0.25, 0.3) is 0 Å². The fraction of sp³-hybridized carbons (Fsp3) is 0.273. The maximum absolute atomic E-state index is 15.5. The second-order valence-electron chi connectivity index (χ2n) is 10.4. The van der Waals surface area contributed by atoms with Crippen molar-refractivity contribution in [2.24, 2.45) is 9.98 Å². The highest BCUT2D eigenvalue weighted by molar-refractivity contribution is 7.14. The van der Waals surface area contributed by atoms with Gasteiger partial charge in [0.05, 0.1) is 12.1 Å². The monoisotopic (exact) mass is 630 g/mol. The van der Waals surface area contributed by atoms with Crippen LogP contribution in [0.3, 0.4) is 0 Å². The van der Waals surface area contributed by atoms with E-state index in [4.69, 9.17) is 0 Å². The molecule has 5 rings (SSSR count). The van der Waals surface area contributed by atoms with E-state index in [0.29, 0.717) is 9.75 Å². The van der Waals surface area contributed by atoms with Gasteiger partial charge in [-0.25, -0.2) is 0 Å². The Morgan fingerprint density at radius 2 is 0.953 bits per heavy atom. The summed E-state index contributed by atoms with van der Waals surface area (Å²) in [7, 11) is 0. The molecule has 0 bridgehead atoms. The van der Waals surface area contributed by atoms with Crippen molar-refractivity contribution >= 4 is 46.2 Å². The van der Waals surface area contributed by atoms with Crippen LogP contribution in [0.15, 0.2) is 82.8 Å². The van der Waals surface area contributed by atoms with Crippen LogP contribution in [-0.4, -0.2) is 30.2 Å². The van der Waals surface area contributed by atoms with Gasteiger partial charge in [0.1, 0.15) is 0 Å². The van der Waals surface area contributed by atoms with Gasteiger partial charge in [0, 0.05) is 43.1 Å². The molecule has 0 amide bonds. The molecular formula is C33H28F6N2S2. The van der Waals surface area contributed by atoms with Gasteiger partial charge in [-0.05, 0) is 62.1 Å². The van der Waals surface area contributed by atoms with Gasteiger partial charge in [-0.15, -0.1) is 22.7 Å². The molecule has 1 aliphatic carbocycles. The maximum atomic E-state index is 15.5. The molecule has 0 saturated heterocycles. The summed E-state index contributed by atoms with van der Waals surface area (Å²) in [5.41, 5.74) is -1.54. The van der Waals surface area contributed by atoms with E-state index in [2.05, 4.69) is 9.98 Å². The first kappa shape index (κ1) is 30.9. The molecule has 2 aromatic heterocycles. The van der Waals surface area contributed by atoms with Crippen molar-refractivity contribution in [1.29, 1.82) is 0 Å². The molecule has 10 heteroatoms. The lowest BCUT2D eigenvalue weighted by Crippen LogP contribution is -2.48. The zero-order valence-corrected chi connectivity index (χ0v) is 25.3. The molecule has 2 atom stereocenters. The predicted molar refractivity (Wildman–Crippen MR) is 165 cm³/mol. The first-order valence-electron chi connectivity index (χ1n) is 13.5. The summed E-state index contributed by atoms with van der Waals surface area (Å²) in [6.45, 7) is 6.61. The van der Waals surface area contributed by atoms with Gasteiger partial charge in [0.15, 0.2) is 0 Å². The largest absolute Gasteiger partial charge is 0.380 e. The van der Waals surface area contributed by atoms with Gasteiger partial charge in [-0.2, -0.15) is 26.3 Å². The van der Waals surface area contributed by atoms with Crippen LogP contribution in [0.4, 0.5) is 26.3 Å². The Labute approximate surface area is 254 Å². The highest BCUT2D eigenvalue weighted by Crippen LogP contribution is 2.65. The number of aryl methyl sites for hydroxylation is 2. The minimum atomic E-state index is -5.63. The number of nitrogens with zero attached hydrogens (tertiary/aromatic N) is 2. The Hall–Kier alpha value is -3.50. The Bertz CT molecular complexity index is 1580. The average molecular weight is 631 g/mol. The number of halogens is 6. The lowest BCUT2D eigenvalue weighted by Gasteiger charge is -2.25. The summed E-state index contributed by atoms with van der Waals surface area (Å²) in [5.74, 6) is -15.9. The maximum Gasteiger partial charge on any atom is 0.380 e. The number of allylic oxidation sites excluding steroid dienone is 2. The smallest absolute Gasteiger partial charge is 0.284 e. The minimum Gasteiger partial charge on any atom is -0.284 e. The van der Waals surface area contributed by atoms with Crippen LogP contribution in [0.1, 0.15) is 67.7 Å². The SMILES string of the molecule is Cc1sc(C=N[C@@H](C)c2ccccc2)cc1C1=C(c2cc(C=N[C@@H](C)c3ccccc3)sc2C)C(F)(F)C(F)(F)C1(F)F. The Balaban J connectivity index is 1.57. The van der Waals surface area contributed by atoms with Crippen LogP contribution in [-0.2, 0) is 0 Å². The van der Waals surface area contributed by atoms with Gasteiger partial charge in [-0.1, -0.05) is 60.7 Å². The van der Waals surface area contributed by atoms with Crippen LogP contribution < -0.4 is 0 Å². The van der Waals surface area contributed by atoms with E-state index in [1.165, 1.54) is 38.4 Å². The normalized spacial score (nSPS) is 19.0. The standard InChI is InChI=1S/C33H28F6N2S2/c1-19(23-11-7-5-8-12-23)40-17-25-15-27(21(3)42-25)29-30(32(36,37)33(38,39)31(29,34)35)28-16-26(43-22(28)4)18-41-20(2)24-13-9-6-10-14-24/h5-20H,1-4H3/t19-,20-/m0/s1. The zero-order valence-electron chi connectivity index (χ0n) is 23.7. The lowest BCUT2D eigenvalue weighted by molar-refractivity contribution is -0.254. The van der Waals surface area contributed by atoms with Gasteiger partial charge in [-0.3, -0.25) is 9.98 Å². The van der Waals surface area contributed by atoms with Crippen molar-refractivity contribution in [3.8, 4) is 0 Å². The third-order valence-corrected chi connectivity index (χ3v) is 9.46. The van der Waals surface area contributed by atoms with Crippen molar-refractivity contribution < 1.29 is 26.3 Å². The highest BCUT2D eigenvalue weighted by atomic mass is 32.1. The molecule has 1 aliphatic rings. The molecule has 0 saturated carbocycles. The average Bonchev–Trinajstić information content (AvgIpc) is 3.56. The van der Waals surface area contributed by atoms with E-state index in [1.807, 2.05) is 74.5 Å². The lowest BCUT2D eigenvalue weighted by atomic mass is 9.95. The molecule has 0 radical (unpaired) electrons. The molecule has 4 aromatic rings. The van der Waals surface area contributed by atoms with Gasteiger partial charge >= 0.3 is 17.8 Å². The minimum absolute atomic E-state index is 0.209. The molecule has 2 aromatic carbocycles. The quantitative estimate of drug-likeness (QED) is 0.137. The predicted octanol–water partition coefficient (Wildman–Crippen LogP) is 10.6. The van der Waals surface area contributed by atoms with Crippen molar-refractivity contribution in [1.82, 2.24) is 0 Å². The highest BCUT2D eigenvalue weighted by Gasteiger charge is 2.80. The summed E-state index contributed by atoms with van der Waals surface area (Å²) in [6, 6.07) is 20.7. The van der Waals surface area contributed by atoms with E-state index in [-0.39, 0.29) is 33.0 Å². The van der Waals surface area contributed by atoms with E-state index >= 15 is 17.6 Å². The Morgan fingerprint density at radius 1 is 0.605 bits per heavy atom. The fourth-order valence-electron chi connectivity index (χ4n) is 5.07. The topological polar surface area (TPSA) is 24.7 Å². The molecule has 0 unspecified atom stereocenters. The van der Waals surface area contributed by atoms with Crippen LogP contribution >= 0.6 is 22.7 Å². The zero-order chi connectivity index (χ0) is 31.2. The van der Waals surface area contributed by atoms with Crippen LogP contribution in [0.2, 0.25) is 0 Å². The summed E-state index contributed by atoms with van der Waals surface area (Å²) in [5, 5.41) is 0.